The Morgan fingerprint density at radius 1 is 1.42 bits per heavy atom. The summed E-state index contributed by atoms with van der Waals surface area (Å²) in [5.74, 6) is 0.769. The van der Waals surface area contributed by atoms with Crippen molar-refractivity contribution in [1.29, 1.82) is 0 Å². The molecule has 2 aromatic heterocycles. The molecule has 2 rings (SSSR count). The van der Waals surface area contributed by atoms with E-state index in [1.165, 1.54) is 23.1 Å². The number of hydrogen-bond donors (Lipinski definition) is 0. The van der Waals surface area contributed by atoms with Gasteiger partial charge in [0.25, 0.3) is 5.56 Å². The summed E-state index contributed by atoms with van der Waals surface area (Å²) in [6, 6.07) is 0.0654. The molecule has 0 bridgehead atoms. The molecule has 0 saturated carbocycles. The third-order valence-electron chi connectivity index (χ3n) is 2.74. The molecule has 0 aliphatic rings. The first-order chi connectivity index (χ1) is 9.08. The lowest BCUT2D eigenvalue weighted by atomic mass is 10.3. The predicted molar refractivity (Wildman–Crippen MR) is 79.4 cm³/mol. The molecule has 2 aromatic rings. The fraction of sp³-hybridized carbons (Fsp3) is 0.583. The first-order valence-corrected chi connectivity index (χ1v) is 8.07. The maximum Gasteiger partial charge on any atom is 0.281 e. The largest absolute Gasteiger partial charge is 0.384 e. The van der Waals surface area contributed by atoms with Crippen molar-refractivity contribution in [2.75, 3.05) is 20.0 Å². The average molecular weight is 299 g/mol. The summed E-state index contributed by atoms with van der Waals surface area (Å²) in [6.07, 6.45) is 2.58. The van der Waals surface area contributed by atoms with Crippen LogP contribution in [-0.4, -0.2) is 34.5 Å². The van der Waals surface area contributed by atoms with Crippen LogP contribution in [0.5, 0.6) is 0 Å². The van der Waals surface area contributed by atoms with E-state index < -0.39 is 0 Å². The minimum Gasteiger partial charge on any atom is -0.384 e. The molecule has 19 heavy (non-hydrogen) atoms. The average Bonchev–Trinajstić information content (AvgIpc) is 2.79. The van der Waals surface area contributed by atoms with Crippen molar-refractivity contribution >= 4 is 33.4 Å². The highest BCUT2D eigenvalue weighted by molar-refractivity contribution is 8.00. The van der Waals surface area contributed by atoms with Crippen LogP contribution in [0.25, 0.3) is 10.3 Å². The normalized spacial score (nSPS) is 11.6. The second kappa shape index (κ2) is 6.02. The molecule has 0 saturated heterocycles. The Morgan fingerprint density at radius 2 is 2.16 bits per heavy atom. The lowest BCUT2D eigenvalue weighted by Crippen LogP contribution is -2.27. The van der Waals surface area contributed by atoms with Crippen LogP contribution in [0.2, 0.25) is 0 Å². The number of fused-ring (bicyclic) bond motifs is 1. The summed E-state index contributed by atoms with van der Waals surface area (Å²) >= 11 is 3.00. The van der Waals surface area contributed by atoms with E-state index in [-0.39, 0.29) is 11.6 Å². The van der Waals surface area contributed by atoms with Crippen LogP contribution < -0.4 is 5.56 Å². The molecule has 104 valence electrons. The topological polar surface area (TPSA) is 57.0 Å². The molecular formula is C12H17N3O2S2. The van der Waals surface area contributed by atoms with Crippen molar-refractivity contribution in [1.82, 2.24) is 14.5 Å². The van der Waals surface area contributed by atoms with Crippen molar-refractivity contribution in [2.45, 2.75) is 30.6 Å². The first-order valence-electron chi connectivity index (χ1n) is 6.03. The van der Waals surface area contributed by atoms with Gasteiger partial charge in [0.1, 0.15) is 5.82 Å². The van der Waals surface area contributed by atoms with Gasteiger partial charge in [0.15, 0.2) is 14.7 Å². The molecule has 0 aromatic carbocycles. The van der Waals surface area contributed by atoms with Crippen LogP contribution in [-0.2, 0) is 11.2 Å². The van der Waals surface area contributed by atoms with Crippen LogP contribution in [0.4, 0.5) is 0 Å². The molecule has 0 spiro atoms. The van der Waals surface area contributed by atoms with E-state index in [2.05, 4.69) is 9.97 Å². The molecule has 0 amide bonds. The molecule has 0 N–H and O–H groups in total. The molecule has 0 aliphatic carbocycles. The number of thioether (sulfide) groups is 1. The van der Waals surface area contributed by atoms with E-state index >= 15 is 0 Å². The lowest BCUT2D eigenvalue weighted by Gasteiger charge is -2.14. The third kappa shape index (κ3) is 2.82. The van der Waals surface area contributed by atoms with Crippen molar-refractivity contribution in [2.24, 2.45) is 0 Å². The number of thiazole rings is 1. The van der Waals surface area contributed by atoms with E-state index in [9.17, 15) is 4.79 Å². The summed E-state index contributed by atoms with van der Waals surface area (Å²) in [5.41, 5.74) is 0.423. The summed E-state index contributed by atoms with van der Waals surface area (Å²) in [5, 5.41) is 0. The van der Waals surface area contributed by atoms with Crippen molar-refractivity contribution in [3.05, 3.63) is 16.2 Å². The van der Waals surface area contributed by atoms with Gasteiger partial charge in [-0.05, 0) is 20.1 Å². The van der Waals surface area contributed by atoms with Crippen molar-refractivity contribution < 1.29 is 4.74 Å². The molecule has 2 heterocycles. The van der Waals surface area contributed by atoms with Gasteiger partial charge in [-0.3, -0.25) is 9.36 Å². The molecule has 0 radical (unpaired) electrons. The van der Waals surface area contributed by atoms with Crippen LogP contribution in [0, 0.1) is 0 Å². The third-order valence-corrected chi connectivity index (χ3v) is 4.67. The maximum absolute atomic E-state index is 12.5. The minimum absolute atomic E-state index is 0.0531. The lowest BCUT2D eigenvalue weighted by molar-refractivity contribution is 0.198. The Bertz CT molecular complexity index is 634. The zero-order valence-electron chi connectivity index (χ0n) is 11.5. The second-order valence-electron chi connectivity index (χ2n) is 4.38. The van der Waals surface area contributed by atoms with Gasteiger partial charge >= 0.3 is 0 Å². The van der Waals surface area contributed by atoms with Gasteiger partial charge in [0, 0.05) is 19.6 Å². The van der Waals surface area contributed by atoms with Gasteiger partial charge < -0.3 is 4.74 Å². The van der Waals surface area contributed by atoms with Crippen LogP contribution in [0.3, 0.4) is 0 Å². The molecule has 0 unspecified atom stereocenters. The van der Waals surface area contributed by atoms with Crippen LogP contribution in [0.15, 0.2) is 9.13 Å². The SMILES string of the molecule is COCCc1nc2sc(SC)nc2c(=O)n1C(C)C. The highest BCUT2D eigenvalue weighted by atomic mass is 32.2. The van der Waals surface area contributed by atoms with Gasteiger partial charge in [-0.15, -0.1) is 0 Å². The standard InChI is InChI=1S/C12H17N3O2S2/c1-7(2)15-8(5-6-17-3)13-10-9(11(15)16)14-12(18-4)19-10/h7H,5-6H2,1-4H3. The molecular weight excluding hydrogens is 282 g/mol. The molecule has 0 atom stereocenters. The van der Waals surface area contributed by atoms with E-state index in [1.807, 2.05) is 20.1 Å². The quantitative estimate of drug-likeness (QED) is 0.793. The second-order valence-corrected chi connectivity index (χ2v) is 6.41. The Balaban J connectivity index is 2.64. The summed E-state index contributed by atoms with van der Waals surface area (Å²) in [4.78, 5) is 22.2. The number of methoxy groups -OCH3 is 1. The Kier molecular flexibility index (Phi) is 4.59. The van der Waals surface area contributed by atoms with Crippen molar-refractivity contribution in [3.8, 4) is 0 Å². The van der Waals surface area contributed by atoms with Gasteiger partial charge in [0.2, 0.25) is 0 Å². The van der Waals surface area contributed by atoms with Crippen molar-refractivity contribution in [3.63, 3.8) is 0 Å². The number of ether oxygens (including phenoxy) is 1. The predicted octanol–water partition coefficient (Wildman–Crippen LogP) is 2.34. The molecule has 5 nitrogen and oxygen atoms in total. The van der Waals surface area contributed by atoms with Gasteiger partial charge in [-0.25, -0.2) is 9.97 Å². The number of rotatable bonds is 5. The fourth-order valence-corrected chi connectivity index (χ4v) is 3.34. The van der Waals surface area contributed by atoms with Gasteiger partial charge in [0.05, 0.1) is 6.61 Å². The first kappa shape index (κ1) is 14.5. The van der Waals surface area contributed by atoms with Crippen LogP contribution >= 0.6 is 23.1 Å². The van der Waals surface area contributed by atoms with Gasteiger partial charge in [-0.2, -0.15) is 0 Å². The summed E-state index contributed by atoms with van der Waals surface area (Å²) in [6.45, 7) is 4.51. The summed E-state index contributed by atoms with van der Waals surface area (Å²) in [7, 11) is 1.65. The Morgan fingerprint density at radius 3 is 2.74 bits per heavy atom. The molecule has 7 heteroatoms. The molecule has 0 aliphatic heterocycles. The highest BCUT2D eigenvalue weighted by Crippen LogP contribution is 2.25. The minimum atomic E-state index is -0.0531. The summed E-state index contributed by atoms with van der Waals surface area (Å²) < 4.78 is 7.67. The number of nitrogens with zero attached hydrogens (tertiary/aromatic N) is 3. The molecule has 0 fully saturated rings. The number of aromatic nitrogens is 3. The smallest absolute Gasteiger partial charge is 0.281 e. The zero-order valence-corrected chi connectivity index (χ0v) is 13.1. The number of hydrogen-bond acceptors (Lipinski definition) is 6. The monoisotopic (exact) mass is 299 g/mol. The maximum atomic E-state index is 12.5. The van der Waals surface area contributed by atoms with E-state index in [4.69, 9.17) is 4.74 Å². The Labute approximate surface area is 120 Å². The highest BCUT2D eigenvalue weighted by Gasteiger charge is 2.16. The van der Waals surface area contributed by atoms with E-state index in [1.54, 1.807) is 11.7 Å². The van der Waals surface area contributed by atoms with E-state index in [0.717, 1.165) is 15.0 Å². The fourth-order valence-electron chi connectivity index (χ4n) is 1.90. The zero-order chi connectivity index (χ0) is 14.0. The van der Waals surface area contributed by atoms with E-state index in [0.29, 0.717) is 18.5 Å². The van der Waals surface area contributed by atoms with Gasteiger partial charge in [-0.1, -0.05) is 23.1 Å². The Hall–Kier alpha value is -0.920. The van der Waals surface area contributed by atoms with Crippen LogP contribution in [0.1, 0.15) is 25.7 Å².